The molecular formula is C23H37N3O2. The number of carbonyl (C=O) groups is 1. The van der Waals surface area contributed by atoms with Crippen molar-refractivity contribution >= 4 is 11.8 Å². The summed E-state index contributed by atoms with van der Waals surface area (Å²) in [7, 11) is 0. The molecule has 1 aromatic carbocycles. The number of likely N-dealkylation sites (tertiary alicyclic amines) is 1. The Balaban J connectivity index is 0.00000240. The quantitative estimate of drug-likeness (QED) is 0.753. The first-order chi connectivity index (χ1) is 13.6. The lowest BCUT2D eigenvalue weighted by Crippen LogP contribution is -2.49. The van der Waals surface area contributed by atoms with Crippen molar-refractivity contribution in [1.29, 1.82) is 0 Å². The molecule has 2 heterocycles. The van der Waals surface area contributed by atoms with Gasteiger partial charge in [-0.05, 0) is 70.7 Å². The first-order valence-electron chi connectivity index (χ1n) is 11.1. The first kappa shape index (κ1) is 19.6. The maximum absolute atomic E-state index is 11.9. The molecule has 0 radical (unpaired) electrons. The van der Waals surface area contributed by atoms with Gasteiger partial charge in [-0.25, -0.2) is 4.79 Å². The normalized spacial score (nSPS) is 26.9. The number of hydrogen-bond donors (Lipinski definition) is 2. The van der Waals surface area contributed by atoms with E-state index in [1.807, 2.05) is 6.92 Å². The number of nitrogens with zero attached hydrogens (tertiary/aromatic N) is 1. The molecule has 4 rings (SSSR count). The number of carbonyl (C=O) groups excluding carboxylic acids is 1. The lowest BCUT2D eigenvalue weighted by Gasteiger charge is -2.43. The lowest BCUT2D eigenvalue weighted by atomic mass is 9.73. The molecule has 156 valence electrons. The van der Waals surface area contributed by atoms with Crippen LogP contribution < -0.4 is 10.6 Å². The number of benzene rings is 1. The molecule has 5 heteroatoms. The Morgan fingerprint density at radius 1 is 1.32 bits per heavy atom. The van der Waals surface area contributed by atoms with Crippen LogP contribution in [0.2, 0.25) is 0 Å². The molecule has 2 atom stereocenters. The van der Waals surface area contributed by atoms with Gasteiger partial charge in [0.05, 0.1) is 6.61 Å². The average molecular weight is 388 g/mol. The van der Waals surface area contributed by atoms with Gasteiger partial charge in [0.1, 0.15) is 0 Å². The number of anilines is 1. The van der Waals surface area contributed by atoms with Gasteiger partial charge < -0.3 is 20.3 Å². The van der Waals surface area contributed by atoms with Gasteiger partial charge in [-0.15, -0.1) is 0 Å². The Bertz CT molecular complexity index is 703. The number of ether oxygens (including phenoxy) is 1. The molecule has 1 aliphatic carbocycles. The van der Waals surface area contributed by atoms with Crippen LogP contribution >= 0.6 is 0 Å². The van der Waals surface area contributed by atoms with Crippen molar-refractivity contribution in [1.82, 2.24) is 10.2 Å². The zero-order valence-corrected chi connectivity index (χ0v) is 17.4. The third kappa shape index (κ3) is 4.00. The molecule has 2 fully saturated rings. The van der Waals surface area contributed by atoms with Gasteiger partial charge >= 0.3 is 6.09 Å². The Labute approximate surface area is 170 Å². The summed E-state index contributed by atoms with van der Waals surface area (Å²) in [6, 6.07) is 7.69. The molecule has 0 aromatic heterocycles. The number of alkyl carbamates (subject to hydrolysis) is 1. The molecule has 2 N–H and O–H groups in total. The van der Waals surface area contributed by atoms with E-state index in [-0.39, 0.29) is 13.6 Å². The molecule has 1 aromatic rings. The number of fused-ring (bicyclic) bond motifs is 2. The van der Waals surface area contributed by atoms with Crippen LogP contribution in [0.25, 0.3) is 0 Å². The summed E-state index contributed by atoms with van der Waals surface area (Å²) in [6.45, 7) is 7.89. The third-order valence-corrected chi connectivity index (χ3v) is 7.13. The molecular weight excluding hydrogens is 350 g/mol. The topological polar surface area (TPSA) is 53.6 Å². The second kappa shape index (κ2) is 8.32. The van der Waals surface area contributed by atoms with Gasteiger partial charge in [-0.1, -0.05) is 30.5 Å². The van der Waals surface area contributed by atoms with E-state index < -0.39 is 0 Å². The Hall–Kier alpha value is -1.75. The van der Waals surface area contributed by atoms with Crippen LogP contribution in [0.1, 0.15) is 64.4 Å². The molecule has 2 aliphatic heterocycles. The minimum absolute atomic E-state index is 0. The second-order valence-electron chi connectivity index (χ2n) is 8.95. The van der Waals surface area contributed by atoms with Crippen LogP contribution in [0.3, 0.4) is 0 Å². The number of nitrogens with one attached hydrogen (secondary N) is 2. The average Bonchev–Trinajstić information content (AvgIpc) is 2.87. The predicted octanol–water partition coefficient (Wildman–Crippen LogP) is 4.45. The van der Waals surface area contributed by atoms with Gasteiger partial charge in [0.2, 0.25) is 0 Å². The summed E-state index contributed by atoms with van der Waals surface area (Å²) in [4.78, 5) is 14.6. The number of amides is 1. The Morgan fingerprint density at radius 2 is 2.11 bits per heavy atom. The Morgan fingerprint density at radius 3 is 2.89 bits per heavy atom. The fraction of sp³-hybridized carbons (Fsp3) is 0.696. The highest BCUT2D eigenvalue weighted by atomic mass is 16.5. The summed E-state index contributed by atoms with van der Waals surface area (Å²) < 4.78 is 5.10. The van der Waals surface area contributed by atoms with Crippen molar-refractivity contribution in [3.63, 3.8) is 0 Å². The molecule has 0 bridgehead atoms. The monoisotopic (exact) mass is 387 g/mol. The number of rotatable bonds is 3. The van der Waals surface area contributed by atoms with Crippen LogP contribution in [0.15, 0.2) is 18.2 Å². The standard InChI is InChI=1S/C23H35N3O2.H2/c1-3-28-22(27)25-18-6-4-5-7-19(15-18)26-12-10-23(11-13-26)16-24-21-9-8-17(2)14-20(21)23;/h8-9,14,18-19,24H,3-7,10-13,15-16H2,1-2H3,(H,25,27);1H. The van der Waals surface area contributed by atoms with Gasteiger partial charge in [0.25, 0.3) is 0 Å². The second-order valence-corrected chi connectivity index (χ2v) is 8.95. The molecule has 5 nitrogen and oxygen atoms in total. The molecule has 1 saturated carbocycles. The van der Waals surface area contributed by atoms with Gasteiger partial charge in [-0.3, -0.25) is 0 Å². The zero-order chi connectivity index (χ0) is 19.6. The van der Waals surface area contributed by atoms with Gasteiger partial charge in [0.15, 0.2) is 0 Å². The zero-order valence-electron chi connectivity index (χ0n) is 17.4. The number of aryl methyl sites for hydroxylation is 1. The van der Waals surface area contributed by atoms with Crippen molar-refractivity contribution in [3.8, 4) is 0 Å². The van der Waals surface area contributed by atoms with E-state index in [0.717, 1.165) is 32.5 Å². The maximum atomic E-state index is 11.9. The lowest BCUT2D eigenvalue weighted by molar-refractivity contribution is 0.104. The molecule has 1 amide bonds. The smallest absolute Gasteiger partial charge is 0.407 e. The molecule has 1 saturated heterocycles. The minimum atomic E-state index is -0.255. The minimum Gasteiger partial charge on any atom is -0.450 e. The fourth-order valence-corrected chi connectivity index (χ4v) is 5.51. The number of piperidine rings is 1. The van der Waals surface area contributed by atoms with Crippen molar-refractivity contribution in [3.05, 3.63) is 29.3 Å². The van der Waals surface area contributed by atoms with E-state index >= 15 is 0 Å². The summed E-state index contributed by atoms with van der Waals surface area (Å²) >= 11 is 0. The van der Waals surface area contributed by atoms with Crippen LogP contribution in [-0.2, 0) is 10.2 Å². The van der Waals surface area contributed by atoms with E-state index in [2.05, 4.69) is 40.7 Å². The molecule has 28 heavy (non-hydrogen) atoms. The van der Waals surface area contributed by atoms with Crippen LogP contribution in [0.4, 0.5) is 10.5 Å². The Kier molecular flexibility index (Phi) is 5.81. The highest BCUT2D eigenvalue weighted by molar-refractivity contribution is 5.67. The number of hydrogen-bond acceptors (Lipinski definition) is 4. The van der Waals surface area contributed by atoms with Crippen molar-refractivity contribution in [2.75, 3.05) is 31.6 Å². The largest absolute Gasteiger partial charge is 0.450 e. The van der Waals surface area contributed by atoms with Gasteiger partial charge in [0, 0.05) is 31.2 Å². The summed E-state index contributed by atoms with van der Waals surface area (Å²) in [5.74, 6) is 0. The first-order valence-corrected chi connectivity index (χ1v) is 11.1. The molecule has 3 aliphatic rings. The van der Waals surface area contributed by atoms with Crippen LogP contribution in [0, 0.1) is 6.92 Å². The van der Waals surface area contributed by atoms with E-state index in [0.29, 0.717) is 18.1 Å². The van der Waals surface area contributed by atoms with E-state index in [4.69, 9.17) is 4.74 Å². The molecule has 1 spiro atoms. The fourth-order valence-electron chi connectivity index (χ4n) is 5.51. The highest BCUT2D eigenvalue weighted by Gasteiger charge is 2.42. The van der Waals surface area contributed by atoms with Crippen LogP contribution in [0.5, 0.6) is 0 Å². The third-order valence-electron chi connectivity index (χ3n) is 7.13. The summed E-state index contributed by atoms with van der Waals surface area (Å²) in [5.41, 5.74) is 4.55. The summed E-state index contributed by atoms with van der Waals surface area (Å²) in [5, 5.41) is 6.75. The maximum Gasteiger partial charge on any atom is 0.407 e. The van der Waals surface area contributed by atoms with E-state index in [1.165, 1.54) is 48.9 Å². The molecule has 2 unspecified atom stereocenters. The SMILES string of the molecule is CCOC(=O)NC1CCCCC(N2CCC3(CC2)CNc2ccc(C)cc23)C1.[HH]. The van der Waals surface area contributed by atoms with Crippen molar-refractivity contribution < 1.29 is 11.0 Å². The summed E-state index contributed by atoms with van der Waals surface area (Å²) in [6.07, 6.45) is 8.03. The van der Waals surface area contributed by atoms with Crippen molar-refractivity contribution in [2.45, 2.75) is 76.3 Å². The van der Waals surface area contributed by atoms with E-state index in [9.17, 15) is 4.79 Å². The van der Waals surface area contributed by atoms with Crippen molar-refractivity contribution in [2.24, 2.45) is 0 Å². The highest BCUT2D eigenvalue weighted by Crippen LogP contribution is 2.45. The van der Waals surface area contributed by atoms with Crippen LogP contribution in [-0.4, -0.2) is 49.3 Å². The van der Waals surface area contributed by atoms with E-state index in [1.54, 1.807) is 0 Å². The van der Waals surface area contributed by atoms with Gasteiger partial charge in [-0.2, -0.15) is 0 Å². The predicted molar refractivity (Wildman–Crippen MR) is 115 cm³/mol.